The van der Waals surface area contributed by atoms with Crippen molar-refractivity contribution in [1.82, 2.24) is 9.80 Å². The van der Waals surface area contributed by atoms with Gasteiger partial charge in [0.25, 0.3) is 0 Å². The SMILES string of the molecule is CC(=O)N1CCN(C)C[C@@H]1C(=O)O. The normalized spacial score (nSPS) is 24.5. The molecule has 74 valence electrons. The first-order valence-electron chi connectivity index (χ1n) is 4.21. The quantitative estimate of drug-likeness (QED) is 0.584. The first kappa shape index (κ1) is 9.98. The number of nitrogens with zero attached hydrogens (tertiary/aromatic N) is 2. The van der Waals surface area contributed by atoms with Crippen LogP contribution < -0.4 is 0 Å². The Labute approximate surface area is 76.9 Å². The van der Waals surface area contributed by atoms with Crippen LogP contribution in [0.2, 0.25) is 0 Å². The maximum atomic E-state index is 11.1. The number of likely N-dealkylation sites (N-methyl/N-ethyl adjacent to an activating group) is 1. The van der Waals surface area contributed by atoms with Crippen molar-refractivity contribution in [1.29, 1.82) is 0 Å². The van der Waals surface area contributed by atoms with Crippen molar-refractivity contribution in [3.8, 4) is 0 Å². The number of hydrogen-bond acceptors (Lipinski definition) is 3. The molecule has 1 aliphatic rings. The van der Waals surface area contributed by atoms with Crippen molar-refractivity contribution in [2.24, 2.45) is 0 Å². The van der Waals surface area contributed by atoms with Gasteiger partial charge in [-0.25, -0.2) is 4.79 Å². The molecule has 1 fully saturated rings. The van der Waals surface area contributed by atoms with Gasteiger partial charge in [0.05, 0.1) is 0 Å². The molecule has 0 aromatic rings. The largest absolute Gasteiger partial charge is 0.480 e. The van der Waals surface area contributed by atoms with E-state index in [1.54, 1.807) is 0 Å². The third-order valence-corrected chi connectivity index (χ3v) is 2.27. The van der Waals surface area contributed by atoms with Crippen molar-refractivity contribution in [2.45, 2.75) is 13.0 Å². The molecular formula is C8H14N2O3. The van der Waals surface area contributed by atoms with Crippen LogP contribution in [0, 0.1) is 0 Å². The molecule has 1 aliphatic heterocycles. The van der Waals surface area contributed by atoms with Crippen LogP contribution in [-0.4, -0.2) is 59.5 Å². The molecule has 1 rings (SSSR count). The van der Waals surface area contributed by atoms with E-state index in [-0.39, 0.29) is 5.91 Å². The maximum absolute atomic E-state index is 11.1. The van der Waals surface area contributed by atoms with Crippen LogP contribution >= 0.6 is 0 Å². The Morgan fingerprint density at radius 3 is 2.46 bits per heavy atom. The van der Waals surface area contributed by atoms with Gasteiger partial charge in [0.1, 0.15) is 6.04 Å². The number of carboxylic acid groups (broad SMARTS) is 1. The Morgan fingerprint density at radius 2 is 2.00 bits per heavy atom. The number of aliphatic carboxylic acids is 1. The maximum Gasteiger partial charge on any atom is 0.327 e. The zero-order valence-corrected chi connectivity index (χ0v) is 7.86. The van der Waals surface area contributed by atoms with E-state index >= 15 is 0 Å². The molecule has 0 aromatic carbocycles. The minimum absolute atomic E-state index is 0.166. The lowest BCUT2D eigenvalue weighted by Gasteiger charge is -2.36. The molecule has 1 heterocycles. The molecule has 1 saturated heterocycles. The van der Waals surface area contributed by atoms with Gasteiger partial charge in [0, 0.05) is 26.6 Å². The lowest BCUT2D eigenvalue weighted by atomic mass is 10.2. The van der Waals surface area contributed by atoms with Crippen molar-refractivity contribution < 1.29 is 14.7 Å². The van der Waals surface area contributed by atoms with Gasteiger partial charge in [-0.3, -0.25) is 4.79 Å². The highest BCUT2D eigenvalue weighted by Crippen LogP contribution is 2.08. The van der Waals surface area contributed by atoms with Crippen molar-refractivity contribution in [3.05, 3.63) is 0 Å². The highest BCUT2D eigenvalue weighted by molar-refractivity contribution is 5.82. The summed E-state index contributed by atoms with van der Waals surface area (Å²) in [5.74, 6) is -1.10. The van der Waals surface area contributed by atoms with Gasteiger partial charge < -0.3 is 14.9 Å². The van der Waals surface area contributed by atoms with Gasteiger partial charge in [-0.1, -0.05) is 0 Å². The Balaban J connectivity index is 2.72. The minimum atomic E-state index is -0.929. The number of piperazine rings is 1. The number of carbonyl (C=O) groups excluding carboxylic acids is 1. The van der Waals surface area contributed by atoms with Crippen LogP contribution in [0.15, 0.2) is 0 Å². The fourth-order valence-electron chi connectivity index (χ4n) is 1.51. The summed E-state index contributed by atoms with van der Waals surface area (Å²) < 4.78 is 0. The summed E-state index contributed by atoms with van der Waals surface area (Å²) in [5, 5.41) is 8.85. The Hall–Kier alpha value is -1.10. The summed E-state index contributed by atoms with van der Waals surface area (Å²) in [6.45, 7) is 3.06. The summed E-state index contributed by atoms with van der Waals surface area (Å²) in [7, 11) is 1.85. The van der Waals surface area contributed by atoms with Crippen molar-refractivity contribution in [3.63, 3.8) is 0 Å². The summed E-state index contributed by atoms with van der Waals surface area (Å²) in [6, 6.07) is -0.684. The third kappa shape index (κ3) is 2.18. The molecule has 0 unspecified atom stereocenters. The lowest BCUT2D eigenvalue weighted by Crippen LogP contribution is -2.56. The first-order chi connectivity index (χ1) is 6.02. The second kappa shape index (κ2) is 3.74. The molecule has 0 aromatic heterocycles. The highest BCUT2D eigenvalue weighted by Gasteiger charge is 2.32. The third-order valence-electron chi connectivity index (χ3n) is 2.27. The predicted molar refractivity (Wildman–Crippen MR) is 46.3 cm³/mol. The molecular weight excluding hydrogens is 172 g/mol. The Morgan fingerprint density at radius 1 is 1.38 bits per heavy atom. The predicted octanol–water partition coefficient (Wildman–Crippen LogP) is -0.766. The van der Waals surface area contributed by atoms with E-state index in [1.807, 2.05) is 11.9 Å². The zero-order valence-electron chi connectivity index (χ0n) is 7.86. The van der Waals surface area contributed by atoms with Crippen LogP contribution in [0.25, 0.3) is 0 Å². The topological polar surface area (TPSA) is 60.9 Å². The molecule has 0 radical (unpaired) electrons. The van der Waals surface area contributed by atoms with Crippen molar-refractivity contribution in [2.75, 3.05) is 26.7 Å². The van der Waals surface area contributed by atoms with Crippen LogP contribution in [-0.2, 0) is 9.59 Å². The second-order valence-electron chi connectivity index (χ2n) is 3.33. The standard InChI is InChI=1S/C8H14N2O3/c1-6(11)10-4-3-9(2)5-7(10)8(12)13/h7H,3-5H2,1-2H3,(H,12,13)/t7-/m1/s1. The van der Waals surface area contributed by atoms with Crippen LogP contribution in [0.1, 0.15) is 6.92 Å². The number of carboxylic acids is 1. The number of hydrogen-bond donors (Lipinski definition) is 1. The summed E-state index contributed by atoms with van der Waals surface area (Å²) >= 11 is 0. The summed E-state index contributed by atoms with van der Waals surface area (Å²) in [5.41, 5.74) is 0. The molecule has 0 spiro atoms. The fourth-order valence-corrected chi connectivity index (χ4v) is 1.51. The van der Waals surface area contributed by atoms with Gasteiger partial charge in [-0.05, 0) is 7.05 Å². The van der Waals surface area contributed by atoms with Crippen LogP contribution in [0.4, 0.5) is 0 Å². The molecule has 13 heavy (non-hydrogen) atoms. The molecule has 1 atom stereocenters. The molecule has 0 bridgehead atoms. The Bertz CT molecular complexity index is 229. The van der Waals surface area contributed by atoms with Gasteiger partial charge in [0.15, 0.2) is 0 Å². The molecule has 5 heteroatoms. The molecule has 1 N–H and O–H groups in total. The Kier molecular flexibility index (Phi) is 2.87. The van der Waals surface area contributed by atoms with Crippen molar-refractivity contribution >= 4 is 11.9 Å². The van der Waals surface area contributed by atoms with E-state index in [0.29, 0.717) is 13.1 Å². The number of rotatable bonds is 1. The summed E-state index contributed by atoms with van der Waals surface area (Å²) in [4.78, 5) is 25.2. The van der Waals surface area contributed by atoms with Gasteiger partial charge in [-0.15, -0.1) is 0 Å². The zero-order chi connectivity index (χ0) is 10.0. The van der Waals surface area contributed by atoms with E-state index in [2.05, 4.69) is 0 Å². The average molecular weight is 186 g/mol. The lowest BCUT2D eigenvalue weighted by molar-refractivity contribution is -0.152. The van der Waals surface area contributed by atoms with Crippen LogP contribution in [0.3, 0.4) is 0 Å². The van der Waals surface area contributed by atoms with Gasteiger partial charge in [-0.2, -0.15) is 0 Å². The smallest absolute Gasteiger partial charge is 0.327 e. The van der Waals surface area contributed by atoms with E-state index in [4.69, 9.17) is 5.11 Å². The first-order valence-corrected chi connectivity index (χ1v) is 4.21. The second-order valence-corrected chi connectivity index (χ2v) is 3.33. The number of amides is 1. The van der Waals surface area contributed by atoms with E-state index < -0.39 is 12.0 Å². The van der Waals surface area contributed by atoms with E-state index in [1.165, 1.54) is 11.8 Å². The minimum Gasteiger partial charge on any atom is -0.480 e. The van der Waals surface area contributed by atoms with E-state index in [9.17, 15) is 9.59 Å². The number of carbonyl (C=O) groups is 2. The summed E-state index contributed by atoms with van der Waals surface area (Å²) in [6.07, 6.45) is 0. The molecule has 1 amide bonds. The highest BCUT2D eigenvalue weighted by atomic mass is 16.4. The monoisotopic (exact) mass is 186 g/mol. The van der Waals surface area contributed by atoms with E-state index in [0.717, 1.165) is 6.54 Å². The molecule has 5 nitrogen and oxygen atoms in total. The van der Waals surface area contributed by atoms with Gasteiger partial charge in [0.2, 0.25) is 5.91 Å². The fraction of sp³-hybridized carbons (Fsp3) is 0.750. The molecule has 0 saturated carbocycles. The average Bonchev–Trinajstić information content (AvgIpc) is 2.03. The van der Waals surface area contributed by atoms with Crippen LogP contribution in [0.5, 0.6) is 0 Å². The van der Waals surface area contributed by atoms with Gasteiger partial charge >= 0.3 is 5.97 Å². The molecule has 0 aliphatic carbocycles.